The summed E-state index contributed by atoms with van der Waals surface area (Å²) < 4.78 is 10.3. The lowest BCUT2D eigenvalue weighted by Gasteiger charge is -2.25. The molecule has 1 aliphatic heterocycles. The molecule has 168 valence electrons. The van der Waals surface area contributed by atoms with Crippen molar-refractivity contribution >= 4 is 23.1 Å². The zero-order chi connectivity index (χ0) is 23.4. The predicted octanol–water partition coefficient (Wildman–Crippen LogP) is 3.37. The van der Waals surface area contributed by atoms with Crippen LogP contribution in [0.4, 0.5) is 5.69 Å². The number of Topliss-reactive ketones (excluding diaryl/α,β-unsaturated/α-hetero) is 1. The van der Waals surface area contributed by atoms with E-state index >= 15 is 0 Å². The number of nitrogens with zero attached hydrogens (tertiary/aromatic N) is 2. The van der Waals surface area contributed by atoms with E-state index in [0.29, 0.717) is 29.9 Å². The number of benzene rings is 2. The van der Waals surface area contributed by atoms with Gasteiger partial charge < -0.3 is 19.5 Å². The normalized spacial score (nSPS) is 17.6. The quantitative estimate of drug-likeness (QED) is 0.167. The molecule has 2 aromatic carbocycles. The van der Waals surface area contributed by atoms with Gasteiger partial charge in [0.25, 0.3) is 17.4 Å². The average molecular weight is 440 g/mol. The molecule has 0 bridgehead atoms. The van der Waals surface area contributed by atoms with Crippen LogP contribution in [0.3, 0.4) is 0 Å². The van der Waals surface area contributed by atoms with Gasteiger partial charge in [0.2, 0.25) is 0 Å². The van der Waals surface area contributed by atoms with Crippen molar-refractivity contribution in [1.82, 2.24) is 4.90 Å². The molecule has 0 saturated carbocycles. The first-order valence-corrected chi connectivity index (χ1v) is 9.96. The van der Waals surface area contributed by atoms with Crippen LogP contribution in [0.25, 0.3) is 5.76 Å². The zero-order valence-corrected chi connectivity index (χ0v) is 18.0. The van der Waals surface area contributed by atoms with Crippen molar-refractivity contribution in [1.29, 1.82) is 0 Å². The van der Waals surface area contributed by atoms with E-state index in [0.717, 1.165) is 5.56 Å². The molecule has 1 atom stereocenters. The van der Waals surface area contributed by atoms with Crippen LogP contribution in [0.5, 0.6) is 5.75 Å². The Morgan fingerprint density at radius 3 is 2.56 bits per heavy atom. The Labute approximate surface area is 185 Å². The van der Waals surface area contributed by atoms with Crippen LogP contribution in [0.15, 0.2) is 48.0 Å². The third-order valence-electron chi connectivity index (χ3n) is 5.35. The molecule has 9 nitrogen and oxygen atoms in total. The highest BCUT2D eigenvalue weighted by molar-refractivity contribution is 6.46. The summed E-state index contributed by atoms with van der Waals surface area (Å²) in [5.74, 6) is -1.36. The van der Waals surface area contributed by atoms with Gasteiger partial charge in [-0.3, -0.25) is 19.7 Å². The number of aliphatic hydroxyl groups excluding tert-OH is 1. The predicted molar refractivity (Wildman–Crippen MR) is 116 cm³/mol. The molecule has 0 radical (unpaired) electrons. The first kappa shape index (κ1) is 23.0. The molecule has 9 heteroatoms. The minimum atomic E-state index is -0.964. The van der Waals surface area contributed by atoms with Gasteiger partial charge in [0.15, 0.2) is 0 Å². The second-order valence-electron chi connectivity index (χ2n) is 7.38. The van der Waals surface area contributed by atoms with Crippen LogP contribution in [-0.2, 0) is 14.3 Å². The number of nitro groups is 1. The van der Waals surface area contributed by atoms with Gasteiger partial charge in [0.1, 0.15) is 11.5 Å². The SMILES string of the molecule is COCCCN1C(=O)C(=O)C(=C(O)c2ccc(OC)c(C)c2)C1c1cccc([N+](=O)[O-])c1. The van der Waals surface area contributed by atoms with Crippen LogP contribution in [0.2, 0.25) is 0 Å². The number of amides is 1. The van der Waals surface area contributed by atoms with Gasteiger partial charge in [-0.05, 0) is 42.7 Å². The monoisotopic (exact) mass is 440 g/mol. The van der Waals surface area contributed by atoms with Crippen LogP contribution >= 0.6 is 0 Å². The topological polar surface area (TPSA) is 119 Å². The number of carbonyl (C=O) groups is 2. The molecule has 1 saturated heterocycles. The van der Waals surface area contributed by atoms with E-state index in [4.69, 9.17) is 9.47 Å². The van der Waals surface area contributed by atoms with Gasteiger partial charge in [-0.25, -0.2) is 0 Å². The molecule has 1 amide bonds. The second-order valence-corrected chi connectivity index (χ2v) is 7.38. The summed E-state index contributed by atoms with van der Waals surface area (Å²) in [4.78, 5) is 37.9. The highest BCUT2D eigenvalue weighted by atomic mass is 16.6. The molecule has 3 rings (SSSR count). The molecule has 0 aliphatic carbocycles. The van der Waals surface area contributed by atoms with E-state index < -0.39 is 22.7 Å². The van der Waals surface area contributed by atoms with Gasteiger partial charge >= 0.3 is 0 Å². The van der Waals surface area contributed by atoms with Crippen LogP contribution in [-0.4, -0.2) is 54.0 Å². The standard InChI is InChI=1S/C23H24N2O7/c1-14-12-16(8-9-18(14)32-3)21(26)19-20(15-6-4-7-17(13-15)25(29)30)24(10-5-11-31-2)23(28)22(19)27/h4,6-9,12-13,20,26H,5,10-11H2,1-3H3. The zero-order valence-electron chi connectivity index (χ0n) is 18.0. The number of hydrogen-bond acceptors (Lipinski definition) is 7. The van der Waals surface area contributed by atoms with E-state index in [-0.39, 0.29) is 23.6 Å². The third-order valence-corrected chi connectivity index (χ3v) is 5.35. The van der Waals surface area contributed by atoms with Crippen molar-refractivity contribution in [3.63, 3.8) is 0 Å². The number of aryl methyl sites for hydroxylation is 1. The van der Waals surface area contributed by atoms with Crippen LogP contribution < -0.4 is 4.74 Å². The maximum Gasteiger partial charge on any atom is 0.295 e. The number of ketones is 1. The molecule has 0 aromatic heterocycles. The molecule has 1 unspecified atom stereocenters. The average Bonchev–Trinajstić information content (AvgIpc) is 3.03. The molecule has 0 spiro atoms. The number of non-ortho nitro benzene ring substituents is 1. The number of methoxy groups -OCH3 is 2. The highest BCUT2D eigenvalue weighted by Gasteiger charge is 2.46. The molecule has 2 aromatic rings. The molecular weight excluding hydrogens is 416 g/mol. The maximum atomic E-state index is 13.0. The van der Waals surface area contributed by atoms with Crippen molar-refractivity contribution in [3.05, 3.63) is 74.8 Å². The van der Waals surface area contributed by atoms with Crippen molar-refractivity contribution < 1.29 is 29.1 Å². The van der Waals surface area contributed by atoms with Gasteiger partial charge in [-0.2, -0.15) is 0 Å². The number of aliphatic hydroxyl groups is 1. The summed E-state index contributed by atoms with van der Waals surface area (Å²) in [7, 11) is 3.05. The molecule has 1 heterocycles. The van der Waals surface area contributed by atoms with E-state index in [1.165, 1.54) is 37.3 Å². The Morgan fingerprint density at radius 1 is 1.19 bits per heavy atom. The van der Waals surface area contributed by atoms with Crippen molar-refractivity contribution in [2.75, 3.05) is 27.4 Å². The van der Waals surface area contributed by atoms with Gasteiger partial charge in [0, 0.05) is 38.0 Å². The Bertz CT molecular complexity index is 1090. The van der Waals surface area contributed by atoms with E-state index in [1.807, 2.05) is 0 Å². The Kier molecular flexibility index (Phi) is 6.89. The lowest BCUT2D eigenvalue weighted by Crippen LogP contribution is -2.31. The van der Waals surface area contributed by atoms with Gasteiger partial charge in [0.05, 0.1) is 23.6 Å². The lowest BCUT2D eigenvalue weighted by atomic mass is 9.94. The smallest absolute Gasteiger partial charge is 0.295 e. The van der Waals surface area contributed by atoms with Crippen molar-refractivity contribution in [3.8, 4) is 5.75 Å². The fraction of sp³-hybridized carbons (Fsp3) is 0.304. The number of likely N-dealkylation sites (tertiary alicyclic amines) is 1. The number of rotatable bonds is 8. The number of carbonyl (C=O) groups excluding carboxylic acids is 2. The maximum absolute atomic E-state index is 13.0. The summed E-state index contributed by atoms with van der Waals surface area (Å²) in [6.45, 7) is 2.34. The molecule has 32 heavy (non-hydrogen) atoms. The molecular formula is C23H24N2O7. The molecule has 1 N–H and O–H groups in total. The van der Waals surface area contributed by atoms with Crippen LogP contribution in [0, 0.1) is 17.0 Å². The first-order valence-electron chi connectivity index (χ1n) is 9.96. The third kappa shape index (κ3) is 4.33. The Hall–Kier alpha value is -3.72. The number of hydrogen-bond donors (Lipinski definition) is 1. The Morgan fingerprint density at radius 2 is 1.94 bits per heavy atom. The van der Waals surface area contributed by atoms with E-state index in [1.54, 1.807) is 31.2 Å². The second kappa shape index (κ2) is 9.61. The summed E-state index contributed by atoms with van der Waals surface area (Å²) >= 11 is 0. The lowest BCUT2D eigenvalue weighted by molar-refractivity contribution is -0.384. The minimum absolute atomic E-state index is 0.113. The fourth-order valence-electron chi connectivity index (χ4n) is 3.83. The number of nitro benzene ring substituents is 1. The van der Waals surface area contributed by atoms with Crippen LogP contribution in [0.1, 0.15) is 29.2 Å². The Balaban J connectivity index is 2.17. The largest absolute Gasteiger partial charge is 0.507 e. The molecule has 1 aliphatic rings. The van der Waals surface area contributed by atoms with Crippen molar-refractivity contribution in [2.45, 2.75) is 19.4 Å². The van der Waals surface area contributed by atoms with Gasteiger partial charge in [-0.15, -0.1) is 0 Å². The van der Waals surface area contributed by atoms with Gasteiger partial charge in [-0.1, -0.05) is 12.1 Å². The minimum Gasteiger partial charge on any atom is -0.507 e. The van der Waals surface area contributed by atoms with E-state index in [2.05, 4.69) is 0 Å². The highest BCUT2D eigenvalue weighted by Crippen LogP contribution is 2.40. The van der Waals surface area contributed by atoms with E-state index in [9.17, 15) is 24.8 Å². The number of ether oxygens (including phenoxy) is 2. The summed E-state index contributed by atoms with van der Waals surface area (Å²) in [6, 6.07) is 9.65. The first-order chi connectivity index (χ1) is 15.3. The van der Waals surface area contributed by atoms with Crippen molar-refractivity contribution in [2.24, 2.45) is 0 Å². The fourth-order valence-corrected chi connectivity index (χ4v) is 3.83. The summed E-state index contributed by atoms with van der Waals surface area (Å²) in [6.07, 6.45) is 0.455. The summed E-state index contributed by atoms with van der Waals surface area (Å²) in [5, 5.41) is 22.4. The molecule has 1 fully saturated rings. The summed E-state index contributed by atoms with van der Waals surface area (Å²) in [5.41, 5.74) is 1.15.